The minimum absolute atomic E-state index is 0.413. The molecule has 1 aliphatic carbocycles. The van der Waals surface area contributed by atoms with Crippen LogP contribution in [0.25, 0.3) is 0 Å². The Labute approximate surface area is 81.7 Å². The van der Waals surface area contributed by atoms with Gasteiger partial charge in [0.2, 0.25) is 0 Å². The van der Waals surface area contributed by atoms with E-state index in [0.717, 1.165) is 19.5 Å². The molecule has 1 atom stereocenters. The first-order chi connectivity index (χ1) is 6.02. The Morgan fingerprint density at radius 2 is 2.08 bits per heavy atom. The third-order valence-electron chi connectivity index (χ3n) is 2.82. The molecule has 0 aliphatic heterocycles. The molecule has 1 unspecified atom stereocenters. The van der Waals surface area contributed by atoms with E-state index in [9.17, 15) is 5.11 Å². The molecule has 0 radical (unpaired) electrons. The third-order valence-corrected chi connectivity index (χ3v) is 2.82. The molecule has 0 saturated heterocycles. The van der Waals surface area contributed by atoms with E-state index in [1.165, 1.54) is 12.8 Å². The van der Waals surface area contributed by atoms with Gasteiger partial charge in [-0.2, -0.15) is 0 Å². The summed E-state index contributed by atoms with van der Waals surface area (Å²) in [4.78, 5) is 0. The van der Waals surface area contributed by atoms with Gasteiger partial charge in [-0.1, -0.05) is 13.8 Å². The van der Waals surface area contributed by atoms with Crippen molar-refractivity contribution < 1.29 is 5.11 Å². The standard InChI is InChI=1S/C11H23NO/c1-9(2)8-12-7-6-11(3,13)10-4-5-10/h9-10,12-13H,4-8H2,1-3H3. The van der Waals surface area contributed by atoms with Crippen LogP contribution in [0, 0.1) is 11.8 Å². The van der Waals surface area contributed by atoms with Crippen molar-refractivity contribution in [3.8, 4) is 0 Å². The first-order valence-electron chi connectivity index (χ1n) is 5.45. The summed E-state index contributed by atoms with van der Waals surface area (Å²) in [5.41, 5.74) is -0.413. The van der Waals surface area contributed by atoms with Crippen LogP contribution >= 0.6 is 0 Å². The van der Waals surface area contributed by atoms with Gasteiger partial charge in [-0.05, 0) is 51.1 Å². The van der Waals surface area contributed by atoms with Crippen molar-refractivity contribution in [2.45, 2.75) is 45.6 Å². The lowest BCUT2D eigenvalue weighted by atomic mass is 9.96. The van der Waals surface area contributed by atoms with Crippen LogP contribution in [0.5, 0.6) is 0 Å². The fourth-order valence-electron chi connectivity index (χ4n) is 1.64. The SMILES string of the molecule is CC(C)CNCCC(C)(O)C1CC1. The van der Waals surface area contributed by atoms with E-state index in [-0.39, 0.29) is 0 Å². The summed E-state index contributed by atoms with van der Waals surface area (Å²) in [5, 5.41) is 13.3. The highest BCUT2D eigenvalue weighted by molar-refractivity contribution is 4.91. The topological polar surface area (TPSA) is 32.3 Å². The van der Waals surface area contributed by atoms with Crippen molar-refractivity contribution in [3.63, 3.8) is 0 Å². The summed E-state index contributed by atoms with van der Waals surface area (Å²) < 4.78 is 0. The number of hydrogen-bond donors (Lipinski definition) is 2. The molecule has 78 valence electrons. The normalized spacial score (nSPS) is 21.9. The molecule has 2 heteroatoms. The largest absolute Gasteiger partial charge is 0.390 e. The summed E-state index contributed by atoms with van der Waals surface area (Å²) >= 11 is 0. The van der Waals surface area contributed by atoms with Gasteiger partial charge in [-0.3, -0.25) is 0 Å². The second-order valence-corrected chi connectivity index (χ2v) is 4.98. The molecule has 0 heterocycles. The molecule has 0 amide bonds. The van der Waals surface area contributed by atoms with Crippen LogP contribution in [0.3, 0.4) is 0 Å². The molecule has 2 N–H and O–H groups in total. The van der Waals surface area contributed by atoms with Gasteiger partial charge in [0, 0.05) is 0 Å². The highest BCUT2D eigenvalue weighted by Gasteiger charge is 2.39. The molecule has 2 nitrogen and oxygen atoms in total. The van der Waals surface area contributed by atoms with Crippen LogP contribution in [-0.4, -0.2) is 23.8 Å². The van der Waals surface area contributed by atoms with E-state index in [2.05, 4.69) is 19.2 Å². The smallest absolute Gasteiger partial charge is 0.0659 e. The van der Waals surface area contributed by atoms with E-state index in [1.54, 1.807) is 0 Å². The maximum atomic E-state index is 9.98. The van der Waals surface area contributed by atoms with Gasteiger partial charge < -0.3 is 10.4 Å². The number of rotatable bonds is 6. The van der Waals surface area contributed by atoms with Crippen molar-refractivity contribution >= 4 is 0 Å². The highest BCUT2D eigenvalue weighted by Crippen LogP contribution is 2.40. The van der Waals surface area contributed by atoms with Gasteiger partial charge in [0.1, 0.15) is 0 Å². The minimum Gasteiger partial charge on any atom is -0.390 e. The Kier molecular flexibility index (Phi) is 3.74. The van der Waals surface area contributed by atoms with E-state index >= 15 is 0 Å². The lowest BCUT2D eigenvalue weighted by Crippen LogP contribution is -2.33. The molecule has 0 aromatic rings. The molecular weight excluding hydrogens is 162 g/mol. The predicted octanol–water partition coefficient (Wildman–Crippen LogP) is 1.78. The lowest BCUT2D eigenvalue weighted by Gasteiger charge is -2.23. The first kappa shape index (κ1) is 11.0. The Morgan fingerprint density at radius 1 is 1.46 bits per heavy atom. The summed E-state index contributed by atoms with van der Waals surface area (Å²) in [5.74, 6) is 1.28. The summed E-state index contributed by atoms with van der Waals surface area (Å²) in [6.07, 6.45) is 3.33. The third kappa shape index (κ3) is 4.10. The molecular formula is C11H23NO. The Bertz CT molecular complexity index is 150. The van der Waals surface area contributed by atoms with Crippen LogP contribution in [0.15, 0.2) is 0 Å². The molecule has 0 aromatic heterocycles. The van der Waals surface area contributed by atoms with Gasteiger partial charge in [0.25, 0.3) is 0 Å². The predicted molar refractivity (Wildman–Crippen MR) is 55.7 cm³/mol. The van der Waals surface area contributed by atoms with Crippen LogP contribution < -0.4 is 5.32 Å². The molecule has 0 bridgehead atoms. The zero-order valence-corrected chi connectivity index (χ0v) is 9.14. The second kappa shape index (κ2) is 4.43. The lowest BCUT2D eigenvalue weighted by molar-refractivity contribution is 0.0283. The van der Waals surface area contributed by atoms with E-state index in [4.69, 9.17) is 0 Å². The van der Waals surface area contributed by atoms with Crippen molar-refractivity contribution in [1.82, 2.24) is 5.32 Å². The fourth-order valence-corrected chi connectivity index (χ4v) is 1.64. The van der Waals surface area contributed by atoms with E-state index in [1.807, 2.05) is 6.92 Å². The van der Waals surface area contributed by atoms with Gasteiger partial charge in [-0.15, -0.1) is 0 Å². The molecule has 0 spiro atoms. The summed E-state index contributed by atoms with van der Waals surface area (Å²) in [6.45, 7) is 8.38. The van der Waals surface area contributed by atoms with Crippen molar-refractivity contribution in [2.75, 3.05) is 13.1 Å². The zero-order chi connectivity index (χ0) is 9.90. The maximum Gasteiger partial charge on any atom is 0.0659 e. The molecule has 1 aliphatic rings. The summed E-state index contributed by atoms with van der Waals surface area (Å²) in [6, 6.07) is 0. The second-order valence-electron chi connectivity index (χ2n) is 4.98. The van der Waals surface area contributed by atoms with E-state index < -0.39 is 5.60 Å². The van der Waals surface area contributed by atoms with Gasteiger partial charge in [-0.25, -0.2) is 0 Å². The van der Waals surface area contributed by atoms with Crippen LogP contribution in [0.4, 0.5) is 0 Å². The molecule has 0 aromatic carbocycles. The van der Waals surface area contributed by atoms with Crippen molar-refractivity contribution in [3.05, 3.63) is 0 Å². The zero-order valence-electron chi connectivity index (χ0n) is 9.14. The fraction of sp³-hybridized carbons (Fsp3) is 1.00. The Morgan fingerprint density at radius 3 is 2.54 bits per heavy atom. The molecule has 1 fully saturated rings. The van der Waals surface area contributed by atoms with Crippen LogP contribution in [0.1, 0.15) is 40.0 Å². The minimum atomic E-state index is -0.413. The van der Waals surface area contributed by atoms with E-state index in [0.29, 0.717) is 11.8 Å². The Balaban J connectivity index is 2.04. The molecule has 1 saturated carbocycles. The maximum absolute atomic E-state index is 9.98. The van der Waals surface area contributed by atoms with Crippen molar-refractivity contribution in [1.29, 1.82) is 0 Å². The average molecular weight is 185 g/mol. The summed E-state index contributed by atoms with van der Waals surface area (Å²) in [7, 11) is 0. The number of hydrogen-bond acceptors (Lipinski definition) is 2. The quantitative estimate of drug-likeness (QED) is 0.618. The van der Waals surface area contributed by atoms with Crippen LogP contribution in [0.2, 0.25) is 0 Å². The first-order valence-corrected chi connectivity index (χ1v) is 5.45. The molecule has 1 rings (SSSR count). The van der Waals surface area contributed by atoms with Crippen LogP contribution in [-0.2, 0) is 0 Å². The highest BCUT2D eigenvalue weighted by atomic mass is 16.3. The van der Waals surface area contributed by atoms with Gasteiger partial charge in [0.15, 0.2) is 0 Å². The molecule has 13 heavy (non-hydrogen) atoms. The number of aliphatic hydroxyl groups is 1. The van der Waals surface area contributed by atoms with Crippen molar-refractivity contribution in [2.24, 2.45) is 11.8 Å². The average Bonchev–Trinajstić information content (AvgIpc) is 2.79. The van der Waals surface area contributed by atoms with Gasteiger partial charge in [0.05, 0.1) is 5.60 Å². The monoisotopic (exact) mass is 185 g/mol. The number of nitrogens with one attached hydrogen (secondary N) is 1. The van der Waals surface area contributed by atoms with Gasteiger partial charge >= 0.3 is 0 Å². The Hall–Kier alpha value is -0.0800.